The minimum absolute atomic E-state index is 0.122. The Bertz CT molecular complexity index is 1230. The van der Waals surface area contributed by atoms with Crippen molar-refractivity contribution in [3.8, 4) is 0 Å². The number of carbonyl (C=O) groups is 2. The first-order chi connectivity index (χ1) is 13.5. The summed E-state index contributed by atoms with van der Waals surface area (Å²) in [6.45, 7) is -0.297. The summed E-state index contributed by atoms with van der Waals surface area (Å²) in [5.74, 6) is -2.89. The third kappa shape index (κ3) is 2.98. The van der Waals surface area contributed by atoms with E-state index >= 15 is 0 Å². The van der Waals surface area contributed by atoms with Crippen molar-refractivity contribution in [2.45, 2.75) is 6.54 Å². The number of halogens is 2. The molecule has 142 valence electrons. The maximum atomic E-state index is 13.8. The van der Waals surface area contributed by atoms with Gasteiger partial charge in [-0.2, -0.15) is 0 Å². The average molecular weight is 384 g/mol. The molecule has 0 aliphatic rings. The van der Waals surface area contributed by atoms with Gasteiger partial charge in [0.1, 0.15) is 29.5 Å². The Kier molecular flexibility index (Phi) is 4.31. The Morgan fingerprint density at radius 1 is 1.11 bits per heavy atom. The summed E-state index contributed by atoms with van der Waals surface area (Å²) >= 11 is 0. The highest BCUT2D eigenvalue weighted by molar-refractivity contribution is 6.07. The monoisotopic (exact) mass is 384 g/mol. The van der Waals surface area contributed by atoms with Crippen molar-refractivity contribution in [1.29, 1.82) is 0 Å². The highest BCUT2D eigenvalue weighted by atomic mass is 19.1. The molecule has 4 rings (SSSR count). The summed E-state index contributed by atoms with van der Waals surface area (Å²) in [5.41, 5.74) is 1.53. The number of carbonyl (C=O) groups excluding carboxylic acids is 2. The van der Waals surface area contributed by atoms with E-state index < -0.39 is 23.5 Å². The summed E-state index contributed by atoms with van der Waals surface area (Å²) in [5, 5.41) is 3.10. The van der Waals surface area contributed by atoms with Gasteiger partial charge in [-0.15, -0.1) is 0 Å². The van der Waals surface area contributed by atoms with Crippen LogP contribution in [0.5, 0.6) is 0 Å². The van der Waals surface area contributed by atoms with E-state index in [2.05, 4.69) is 5.32 Å². The third-order valence-corrected chi connectivity index (χ3v) is 4.33. The molecule has 2 aromatic heterocycles. The van der Waals surface area contributed by atoms with Crippen molar-refractivity contribution in [2.24, 2.45) is 0 Å². The van der Waals surface area contributed by atoms with Gasteiger partial charge in [-0.1, -0.05) is 12.1 Å². The second-order valence-electron chi connectivity index (χ2n) is 6.09. The van der Waals surface area contributed by atoms with E-state index in [-0.39, 0.29) is 17.9 Å². The molecule has 0 bridgehead atoms. The van der Waals surface area contributed by atoms with Crippen LogP contribution < -0.4 is 5.32 Å². The Hall–Kier alpha value is -3.68. The molecule has 0 unspecified atom stereocenters. The molecule has 2 heterocycles. The van der Waals surface area contributed by atoms with Gasteiger partial charge in [-0.05, 0) is 24.3 Å². The zero-order valence-electron chi connectivity index (χ0n) is 14.7. The standard InChI is InChI=1S/C20H14F2N2O4/c1-27-20(26)15-9-17-19(12-4-2-3-5-16(12)28-17)24(15)10-18(25)23-14-7-6-11(21)8-13(14)22/h2-9H,10H2,1H3,(H,23,25). The Morgan fingerprint density at radius 3 is 2.64 bits per heavy atom. The van der Waals surface area contributed by atoms with E-state index in [9.17, 15) is 18.4 Å². The van der Waals surface area contributed by atoms with E-state index in [0.717, 1.165) is 12.1 Å². The van der Waals surface area contributed by atoms with Crippen molar-refractivity contribution < 1.29 is 27.5 Å². The highest BCUT2D eigenvalue weighted by Crippen LogP contribution is 2.31. The highest BCUT2D eigenvalue weighted by Gasteiger charge is 2.23. The quantitative estimate of drug-likeness (QED) is 0.538. The minimum atomic E-state index is -0.895. The predicted octanol–water partition coefficient (Wildman–Crippen LogP) is 4.09. The number of ether oxygens (including phenoxy) is 1. The summed E-state index contributed by atoms with van der Waals surface area (Å²) in [7, 11) is 1.23. The molecule has 6 nitrogen and oxygen atoms in total. The van der Waals surface area contributed by atoms with Crippen molar-refractivity contribution in [3.05, 3.63) is 65.9 Å². The van der Waals surface area contributed by atoms with Crippen LogP contribution in [0.4, 0.5) is 14.5 Å². The van der Waals surface area contributed by atoms with Gasteiger partial charge in [0.25, 0.3) is 0 Å². The molecular weight excluding hydrogens is 370 g/mol. The SMILES string of the molecule is COC(=O)c1cc2oc3ccccc3c2n1CC(=O)Nc1ccc(F)cc1F. The zero-order valence-corrected chi connectivity index (χ0v) is 14.7. The van der Waals surface area contributed by atoms with Crippen LogP contribution >= 0.6 is 0 Å². The van der Waals surface area contributed by atoms with Crippen molar-refractivity contribution in [2.75, 3.05) is 12.4 Å². The molecule has 0 saturated carbocycles. The molecule has 8 heteroatoms. The fourth-order valence-corrected chi connectivity index (χ4v) is 3.11. The number of rotatable bonds is 4. The van der Waals surface area contributed by atoms with Crippen LogP contribution in [0, 0.1) is 11.6 Å². The molecule has 28 heavy (non-hydrogen) atoms. The number of furan rings is 1. The van der Waals surface area contributed by atoms with Gasteiger partial charge in [-0.25, -0.2) is 13.6 Å². The molecule has 1 N–H and O–H groups in total. The topological polar surface area (TPSA) is 73.5 Å². The number of anilines is 1. The summed E-state index contributed by atoms with van der Waals surface area (Å²) < 4.78 is 38.8. The third-order valence-electron chi connectivity index (χ3n) is 4.33. The Balaban J connectivity index is 1.75. The number of benzene rings is 2. The first kappa shape index (κ1) is 17.7. The molecule has 0 atom stereocenters. The van der Waals surface area contributed by atoms with Crippen LogP contribution in [0.1, 0.15) is 10.5 Å². The van der Waals surface area contributed by atoms with E-state index in [4.69, 9.17) is 9.15 Å². The van der Waals surface area contributed by atoms with E-state index in [1.807, 2.05) is 0 Å². The maximum Gasteiger partial charge on any atom is 0.354 e. The number of para-hydroxylation sites is 1. The number of aromatic nitrogens is 1. The molecule has 1 amide bonds. The lowest BCUT2D eigenvalue weighted by atomic mass is 10.2. The fraction of sp³-hybridized carbons (Fsp3) is 0.100. The molecular formula is C20H14F2N2O4. The molecule has 0 aliphatic heterocycles. The number of nitrogens with zero attached hydrogens (tertiary/aromatic N) is 1. The second kappa shape index (κ2) is 6.80. The largest absolute Gasteiger partial charge is 0.464 e. The summed E-state index contributed by atoms with van der Waals surface area (Å²) in [4.78, 5) is 24.7. The average Bonchev–Trinajstić information content (AvgIpc) is 3.20. The van der Waals surface area contributed by atoms with Gasteiger partial charge < -0.3 is 19.0 Å². The lowest BCUT2D eigenvalue weighted by Crippen LogP contribution is -2.22. The number of nitrogens with one attached hydrogen (secondary N) is 1. The van der Waals surface area contributed by atoms with Crippen LogP contribution in [0.2, 0.25) is 0 Å². The van der Waals surface area contributed by atoms with Crippen molar-refractivity contribution in [1.82, 2.24) is 4.57 Å². The van der Waals surface area contributed by atoms with Gasteiger partial charge in [0.2, 0.25) is 5.91 Å². The van der Waals surface area contributed by atoms with E-state index in [0.29, 0.717) is 28.1 Å². The normalized spacial score (nSPS) is 11.1. The predicted molar refractivity (Wildman–Crippen MR) is 98.0 cm³/mol. The van der Waals surface area contributed by atoms with Crippen molar-refractivity contribution >= 4 is 39.6 Å². The molecule has 0 radical (unpaired) electrons. The van der Waals surface area contributed by atoms with Gasteiger partial charge in [-0.3, -0.25) is 4.79 Å². The molecule has 2 aromatic carbocycles. The molecule has 4 aromatic rings. The molecule has 0 saturated heterocycles. The van der Waals surface area contributed by atoms with Crippen LogP contribution in [0.25, 0.3) is 22.1 Å². The number of hydrogen-bond acceptors (Lipinski definition) is 4. The Labute approximate surface area is 157 Å². The van der Waals surface area contributed by atoms with Gasteiger partial charge in [0, 0.05) is 17.5 Å². The van der Waals surface area contributed by atoms with Crippen LogP contribution in [-0.4, -0.2) is 23.6 Å². The first-order valence-electron chi connectivity index (χ1n) is 8.32. The van der Waals surface area contributed by atoms with Crippen LogP contribution in [0.3, 0.4) is 0 Å². The van der Waals surface area contributed by atoms with Crippen LogP contribution in [-0.2, 0) is 16.1 Å². The summed E-state index contributed by atoms with van der Waals surface area (Å²) in [6.07, 6.45) is 0. The van der Waals surface area contributed by atoms with Crippen LogP contribution in [0.15, 0.2) is 52.9 Å². The van der Waals surface area contributed by atoms with E-state index in [1.165, 1.54) is 17.7 Å². The number of hydrogen-bond donors (Lipinski definition) is 1. The number of esters is 1. The molecule has 0 aliphatic carbocycles. The fourth-order valence-electron chi connectivity index (χ4n) is 3.11. The lowest BCUT2D eigenvalue weighted by Gasteiger charge is -2.10. The number of methoxy groups -OCH3 is 1. The zero-order chi connectivity index (χ0) is 19.8. The van der Waals surface area contributed by atoms with Gasteiger partial charge in [0.15, 0.2) is 5.58 Å². The van der Waals surface area contributed by atoms with Crippen molar-refractivity contribution in [3.63, 3.8) is 0 Å². The number of amides is 1. The smallest absolute Gasteiger partial charge is 0.354 e. The van der Waals surface area contributed by atoms with Gasteiger partial charge >= 0.3 is 5.97 Å². The lowest BCUT2D eigenvalue weighted by molar-refractivity contribution is -0.116. The van der Waals surface area contributed by atoms with E-state index in [1.54, 1.807) is 24.3 Å². The molecule has 0 fully saturated rings. The minimum Gasteiger partial charge on any atom is -0.464 e. The number of fused-ring (bicyclic) bond motifs is 3. The Morgan fingerprint density at radius 2 is 1.89 bits per heavy atom. The molecule has 0 spiro atoms. The second-order valence-corrected chi connectivity index (χ2v) is 6.09. The van der Waals surface area contributed by atoms with Gasteiger partial charge in [0.05, 0.1) is 18.3 Å². The summed E-state index contributed by atoms with van der Waals surface area (Å²) in [6, 6.07) is 11.5. The maximum absolute atomic E-state index is 13.8. The first-order valence-corrected chi connectivity index (χ1v) is 8.32.